The Balaban J connectivity index is 1.92. The zero-order valence-corrected chi connectivity index (χ0v) is 19.3. The number of halogens is 1. The second-order valence-electron chi connectivity index (χ2n) is 7.89. The number of pyridine rings is 1. The van der Waals surface area contributed by atoms with Crippen molar-refractivity contribution in [2.24, 2.45) is 5.92 Å². The smallest absolute Gasteiger partial charge is 0.406 e. The lowest BCUT2D eigenvalue weighted by molar-refractivity contribution is 0.101. The number of benzene rings is 1. The number of carbonyl (C=O) groups is 2. The third-order valence-corrected chi connectivity index (χ3v) is 5.58. The van der Waals surface area contributed by atoms with E-state index in [4.69, 9.17) is 25.8 Å². The Labute approximate surface area is 191 Å². The van der Waals surface area contributed by atoms with Gasteiger partial charge >= 0.3 is 6.09 Å². The van der Waals surface area contributed by atoms with Gasteiger partial charge in [-0.3, -0.25) is 9.59 Å². The van der Waals surface area contributed by atoms with Crippen LogP contribution in [0, 0.1) is 5.92 Å². The van der Waals surface area contributed by atoms with Crippen LogP contribution in [0.1, 0.15) is 43.6 Å². The summed E-state index contributed by atoms with van der Waals surface area (Å²) in [5.74, 6) is 0.887. The Kier molecular flexibility index (Phi) is 7.45. The summed E-state index contributed by atoms with van der Waals surface area (Å²) in [6.45, 7) is 6.36. The van der Waals surface area contributed by atoms with Gasteiger partial charge < -0.3 is 24.1 Å². The fraction of sp³-hybridized carbons (Fsp3) is 0.435. The highest BCUT2D eigenvalue weighted by Crippen LogP contribution is 2.42. The number of nitrogens with one attached hydrogen (secondary N) is 1. The van der Waals surface area contributed by atoms with E-state index in [9.17, 15) is 14.4 Å². The largest absolute Gasteiger partial charge is 0.492 e. The summed E-state index contributed by atoms with van der Waals surface area (Å²) in [5, 5.41) is 2.73. The third kappa shape index (κ3) is 5.07. The number of hydrogen-bond donors (Lipinski definition) is 1. The van der Waals surface area contributed by atoms with E-state index in [-0.39, 0.29) is 35.3 Å². The quantitative estimate of drug-likeness (QED) is 0.492. The minimum absolute atomic E-state index is 0.0823. The van der Waals surface area contributed by atoms with E-state index in [1.54, 1.807) is 18.3 Å². The molecule has 0 fully saturated rings. The van der Waals surface area contributed by atoms with E-state index in [0.29, 0.717) is 47.4 Å². The Morgan fingerprint density at radius 3 is 2.69 bits per heavy atom. The molecule has 1 unspecified atom stereocenters. The summed E-state index contributed by atoms with van der Waals surface area (Å²) in [7, 11) is 1.49. The van der Waals surface area contributed by atoms with Gasteiger partial charge in [-0.05, 0) is 18.9 Å². The highest BCUT2D eigenvalue weighted by Gasteiger charge is 2.27. The van der Waals surface area contributed by atoms with Gasteiger partial charge in [-0.1, -0.05) is 25.4 Å². The molecule has 9 heteroatoms. The predicted molar refractivity (Wildman–Crippen MR) is 121 cm³/mol. The normalized spacial score (nSPS) is 14.6. The highest BCUT2D eigenvalue weighted by molar-refractivity contribution is 6.32. The molecule has 2 aromatic rings. The van der Waals surface area contributed by atoms with Crippen molar-refractivity contribution in [3.8, 4) is 22.8 Å². The molecule has 172 valence electrons. The number of fused-ring (bicyclic) bond motifs is 3. The first-order valence-electron chi connectivity index (χ1n) is 10.4. The van der Waals surface area contributed by atoms with Crippen LogP contribution in [-0.4, -0.2) is 43.3 Å². The Hall–Kier alpha value is -3.00. The fourth-order valence-corrected chi connectivity index (χ4v) is 3.73. The maximum Gasteiger partial charge on any atom is 0.406 e. The number of hydrogen-bond acceptors (Lipinski definition) is 6. The Morgan fingerprint density at radius 2 is 2.03 bits per heavy atom. The van der Waals surface area contributed by atoms with Crippen molar-refractivity contribution in [3.63, 3.8) is 0 Å². The van der Waals surface area contributed by atoms with E-state index in [1.807, 2.05) is 4.57 Å². The van der Waals surface area contributed by atoms with E-state index in [0.717, 1.165) is 0 Å². The molecule has 1 aliphatic heterocycles. The zero-order chi connectivity index (χ0) is 23.4. The summed E-state index contributed by atoms with van der Waals surface area (Å²) in [6, 6.07) is 4.79. The summed E-state index contributed by atoms with van der Waals surface area (Å²) in [4.78, 5) is 35.6. The molecule has 8 nitrogen and oxygen atoms in total. The number of aromatic nitrogens is 1. The Bertz CT molecular complexity index is 1080. The molecule has 3 rings (SSSR count). The lowest BCUT2D eigenvalue weighted by Crippen LogP contribution is -2.25. The number of ether oxygens (including phenoxy) is 3. The van der Waals surface area contributed by atoms with Gasteiger partial charge in [0.05, 0.1) is 35.5 Å². The van der Waals surface area contributed by atoms with Gasteiger partial charge in [0.2, 0.25) is 0 Å². The van der Waals surface area contributed by atoms with Gasteiger partial charge in [0.15, 0.2) is 11.2 Å². The highest BCUT2D eigenvalue weighted by atomic mass is 35.5. The molecule has 32 heavy (non-hydrogen) atoms. The number of rotatable bonds is 7. The van der Waals surface area contributed by atoms with Crippen LogP contribution in [0.3, 0.4) is 0 Å². The van der Waals surface area contributed by atoms with Gasteiger partial charge in [-0.15, -0.1) is 0 Å². The van der Waals surface area contributed by atoms with Crippen LogP contribution in [0.5, 0.6) is 11.5 Å². The van der Waals surface area contributed by atoms with Crippen molar-refractivity contribution in [2.75, 3.05) is 26.9 Å². The number of amides is 1. The lowest BCUT2D eigenvalue weighted by Gasteiger charge is -2.24. The topological polar surface area (TPSA) is 95.9 Å². The van der Waals surface area contributed by atoms with Crippen LogP contribution in [-0.2, 0) is 4.74 Å². The first-order chi connectivity index (χ1) is 15.2. The minimum atomic E-state index is -0.497. The van der Waals surface area contributed by atoms with E-state index < -0.39 is 6.09 Å². The summed E-state index contributed by atoms with van der Waals surface area (Å²) < 4.78 is 18.7. The van der Waals surface area contributed by atoms with Gasteiger partial charge in [0.25, 0.3) is 0 Å². The average molecular weight is 463 g/mol. The maximum absolute atomic E-state index is 12.6. The monoisotopic (exact) mass is 462 g/mol. The first kappa shape index (κ1) is 23.7. The van der Waals surface area contributed by atoms with Gasteiger partial charge in [-0.25, -0.2) is 4.79 Å². The average Bonchev–Trinajstić information content (AvgIpc) is 2.89. The SMILES string of the molecule is CNC(=O)OCCCOc1cc2c(cc1Cl)-c1cc(=O)c(C(C)=O)cn1C(C(C)C)CO2. The van der Waals surface area contributed by atoms with Crippen molar-refractivity contribution >= 4 is 23.5 Å². The van der Waals surface area contributed by atoms with Crippen LogP contribution in [0.2, 0.25) is 5.02 Å². The molecule has 1 N–H and O–H groups in total. The van der Waals surface area contributed by atoms with E-state index in [1.165, 1.54) is 20.0 Å². The maximum atomic E-state index is 12.6. The molecule has 0 saturated carbocycles. The number of ketones is 1. The molecule has 0 radical (unpaired) electrons. The molecule has 0 saturated heterocycles. The van der Waals surface area contributed by atoms with Crippen LogP contribution < -0.4 is 20.2 Å². The van der Waals surface area contributed by atoms with Crippen LogP contribution in [0.25, 0.3) is 11.3 Å². The van der Waals surface area contributed by atoms with Gasteiger partial charge in [0.1, 0.15) is 18.1 Å². The van der Waals surface area contributed by atoms with Crippen molar-refractivity contribution in [3.05, 3.63) is 45.2 Å². The molecule has 0 aliphatic carbocycles. The second kappa shape index (κ2) is 10.1. The van der Waals surface area contributed by atoms with Crippen molar-refractivity contribution in [1.29, 1.82) is 0 Å². The molecule has 2 heterocycles. The number of Topliss-reactive ketones (excluding diaryl/α,β-unsaturated/α-hetero) is 1. The van der Waals surface area contributed by atoms with E-state index >= 15 is 0 Å². The molecule has 1 aromatic carbocycles. The minimum Gasteiger partial charge on any atom is -0.492 e. The summed E-state index contributed by atoms with van der Waals surface area (Å²) >= 11 is 6.47. The van der Waals surface area contributed by atoms with Crippen molar-refractivity contribution < 1.29 is 23.8 Å². The predicted octanol–water partition coefficient (Wildman–Crippen LogP) is 4.09. The van der Waals surface area contributed by atoms with Crippen molar-refractivity contribution in [2.45, 2.75) is 33.2 Å². The van der Waals surface area contributed by atoms with Crippen LogP contribution in [0.4, 0.5) is 4.79 Å². The van der Waals surface area contributed by atoms with Crippen molar-refractivity contribution in [1.82, 2.24) is 9.88 Å². The summed E-state index contributed by atoms with van der Waals surface area (Å²) in [5.41, 5.74) is 1.10. The fourth-order valence-electron chi connectivity index (χ4n) is 3.52. The van der Waals surface area contributed by atoms with E-state index in [2.05, 4.69) is 19.2 Å². The lowest BCUT2D eigenvalue weighted by atomic mass is 10.0. The van der Waals surface area contributed by atoms with Crippen LogP contribution >= 0.6 is 11.6 Å². The molecule has 0 spiro atoms. The third-order valence-electron chi connectivity index (χ3n) is 5.29. The summed E-state index contributed by atoms with van der Waals surface area (Å²) in [6.07, 6.45) is 1.61. The standard InChI is InChI=1S/C23H27ClN2O6/c1-13(2)19-12-32-21-10-22(30-6-5-7-31-23(29)25-4)17(24)8-15(21)18-9-20(28)16(14(3)27)11-26(18)19/h8-11,13,19H,5-7,12H2,1-4H3,(H,25,29). The molecule has 0 bridgehead atoms. The molecule has 1 atom stereocenters. The molecule has 1 aromatic heterocycles. The Morgan fingerprint density at radius 1 is 1.28 bits per heavy atom. The zero-order valence-electron chi connectivity index (χ0n) is 18.6. The number of nitrogens with zero attached hydrogens (tertiary/aromatic N) is 1. The second-order valence-corrected chi connectivity index (χ2v) is 8.30. The van der Waals surface area contributed by atoms with Gasteiger partial charge in [0, 0.05) is 37.4 Å². The molecule has 1 amide bonds. The van der Waals surface area contributed by atoms with Crippen LogP contribution in [0.15, 0.2) is 29.2 Å². The number of carbonyl (C=O) groups excluding carboxylic acids is 2. The molecule has 1 aliphatic rings. The molecular formula is C23H27ClN2O6. The first-order valence-corrected chi connectivity index (χ1v) is 10.8. The van der Waals surface area contributed by atoms with Gasteiger partial charge in [-0.2, -0.15) is 0 Å². The number of alkyl carbamates (subject to hydrolysis) is 1. The molecular weight excluding hydrogens is 436 g/mol.